The Hall–Kier alpha value is -2.28. The molecule has 12 nitrogen and oxygen atoms in total. The largest absolute Gasteiger partial charge is 0.480 e. The van der Waals surface area contributed by atoms with Crippen LogP contribution in [-0.4, -0.2) is 86.6 Å². The third-order valence-electron chi connectivity index (χ3n) is 4.18. The average molecular weight is 420 g/mol. The maximum atomic E-state index is 12.6. The van der Waals surface area contributed by atoms with Gasteiger partial charge in [0.25, 0.3) is 0 Å². The minimum absolute atomic E-state index is 0.443. The van der Waals surface area contributed by atoms with Crippen LogP contribution in [0.5, 0.6) is 0 Å². The molecule has 0 saturated heterocycles. The Balaban J connectivity index is 5.37. The lowest BCUT2D eigenvalue weighted by Crippen LogP contribution is -2.62. The number of carbonyl (C=O) groups is 4. The molecule has 0 aromatic carbocycles. The van der Waals surface area contributed by atoms with Crippen molar-refractivity contribution in [3.63, 3.8) is 0 Å². The second-order valence-corrected chi connectivity index (χ2v) is 7.29. The van der Waals surface area contributed by atoms with Gasteiger partial charge in [-0.25, -0.2) is 4.79 Å². The lowest BCUT2D eigenvalue weighted by atomic mass is 10.0. The summed E-state index contributed by atoms with van der Waals surface area (Å²) in [5.41, 5.74) is 5.54. The normalized spacial score (nSPS) is 18.6. The fourth-order valence-electron chi connectivity index (χ4n) is 2.28. The van der Waals surface area contributed by atoms with Crippen molar-refractivity contribution >= 4 is 23.7 Å². The molecule has 7 atom stereocenters. The van der Waals surface area contributed by atoms with Crippen molar-refractivity contribution in [1.29, 1.82) is 0 Å². The fourth-order valence-corrected chi connectivity index (χ4v) is 2.28. The minimum Gasteiger partial charge on any atom is -0.480 e. The Morgan fingerprint density at radius 2 is 1.03 bits per heavy atom. The number of amides is 3. The maximum absolute atomic E-state index is 12.6. The third-order valence-corrected chi connectivity index (χ3v) is 4.18. The van der Waals surface area contributed by atoms with Gasteiger partial charge in [0.15, 0.2) is 6.04 Å². The van der Waals surface area contributed by atoms with E-state index >= 15 is 0 Å². The maximum Gasteiger partial charge on any atom is 0.328 e. The number of hydrogen-bond donors (Lipinski definition) is 8. The number of carboxylic acid groups (broad SMARTS) is 1. The van der Waals surface area contributed by atoms with Crippen molar-refractivity contribution < 1.29 is 39.6 Å². The Morgan fingerprint density at radius 1 is 0.655 bits per heavy atom. The first-order chi connectivity index (χ1) is 13.2. The second kappa shape index (κ2) is 11.7. The predicted octanol–water partition coefficient (Wildman–Crippen LogP) is -3.35. The smallest absolute Gasteiger partial charge is 0.328 e. The van der Waals surface area contributed by atoms with E-state index in [9.17, 15) is 34.5 Å². The van der Waals surface area contributed by atoms with Gasteiger partial charge in [-0.2, -0.15) is 0 Å². The number of carboxylic acids is 1. The van der Waals surface area contributed by atoms with Crippen molar-refractivity contribution in [3.05, 3.63) is 0 Å². The van der Waals surface area contributed by atoms with E-state index in [1.54, 1.807) is 13.8 Å². The molecule has 0 fully saturated rings. The molecule has 0 radical (unpaired) electrons. The number of aliphatic hydroxyl groups excluding tert-OH is 3. The van der Waals surface area contributed by atoms with Gasteiger partial charge in [0.2, 0.25) is 17.7 Å². The first-order valence-corrected chi connectivity index (χ1v) is 9.14. The van der Waals surface area contributed by atoms with Gasteiger partial charge in [-0.3, -0.25) is 14.4 Å². The molecule has 0 aliphatic rings. The third kappa shape index (κ3) is 8.31. The number of rotatable bonds is 11. The molecule has 0 aliphatic carbocycles. The Labute approximate surface area is 168 Å². The molecule has 168 valence electrons. The van der Waals surface area contributed by atoms with Gasteiger partial charge in [-0.1, -0.05) is 13.8 Å². The van der Waals surface area contributed by atoms with Crippen molar-refractivity contribution in [3.8, 4) is 0 Å². The molecular weight excluding hydrogens is 388 g/mol. The molecule has 0 aliphatic heterocycles. The van der Waals surface area contributed by atoms with Crippen LogP contribution in [0.4, 0.5) is 0 Å². The van der Waals surface area contributed by atoms with Crippen molar-refractivity contribution in [2.75, 3.05) is 0 Å². The lowest BCUT2D eigenvalue weighted by Gasteiger charge is -2.28. The molecule has 0 saturated carbocycles. The number of carbonyl (C=O) groups excluding carboxylic acids is 3. The van der Waals surface area contributed by atoms with Crippen LogP contribution < -0.4 is 21.7 Å². The highest BCUT2D eigenvalue weighted by Crippen LogP contribution is 2.06. The molecule has 0 heterocycles. The van der Waals surface area contributed by atoms with Crippen molar-refractivity contribution in [2.24, 2.45) is 11.7 Å². The second-order valence-electron chi connectivity index (χ2n) is 7.29. The van der Waals surface area contributed by atoms with E-state index in [1.165, 1.54) is 13.8 Å². The van der Waals surface area contributed by atoms with Crippen LogP contribution in [0.25, 0.3) is 0 Å². The van der Waals surface area contributed by atoms with Crippen LogP contribution in [0, 0.1) is 5.92 Å². The summed E-state index contributed by atoms with van der Waals surface area (Å²) in [6, 6.07) is -5.62. The molecule has 12 heteroatoms. The van der Waals surface area contributed by atoms with Gasteiger partial charge < -0.3 is 42.1 Å². The van der Waals surface area contributed by atoms with E-state index in [-0.39, 0.29) is 0 Å². The standard InChI is InChI=1S/C17H32N4O8/c1-6(2)11(19-14(25)10(18)7(3)22)15(26)20-12(8(4)23)16(27)21-13(9(5)24)17(28)29/h6-13,22-24H,18H2,1-5H3,(H,19,25)(H,20,26)(H,21,27)(H,28,29). The summed E-state index contributed by atoms with van der Waals surface area (Å²) in [6.45, 7) is 6.90. The van der Waals surface area contributed by atoms with Crippen molar-refractivity contribution in [1.82, 2.24) is 16.0 Å². The summed E-state index contributed by atoms with van der Waals surface area (Å²) in [5.74, 6) is -4.58. The number of nitrogens with two attached hydrogens (primary N) is 1. The Bertz CT molecular complexity index is 594. The topological polar surface area (TPSA) is 211 Å². The van der Waals surface area contributed by atoms with Gasteiger partial charge in [0.1, 0.15) is 18.1 Å². The summed E-state index contributed by atoms with van der Waals surface area (Å²) in [4.78, 5) is 48.1. The molecule has 3 amide bonds. The number of nitrogens with one attached hydrogen (secondary N) is 3. The number of aliphatic carboxylic acids is 1. The molecule has 29 heavy (non-hydrogen) atoms. The van der Waals surface area contributed by atoms with Crippen LogP contribution in [-0.2, 0) is 19.2 Å². The van der Waals surface area contributed by atoms with Gasteiger partial charge in [-0.05, 0) is 26.7 Å². The van der Waals surface area contributed by atoms with E-state index in [2.05, 4.69) is 10.6 Å². The van der Waals surface area contributed by atoms with Crippen LogP contribution in [0.1, 0.15) is 34.6 Å². The summed E-state index contributed by atoms with van der Waals surface area (Å²) < 4.78 is 0. The van der Waals surface area contributed by atoms with Crippen LogP contribution in [0.3, 0.4) is 0 Å². The molecular formula is C17H32N4O8. The number of hydrogen-bond acceptors (Lipinski definition) is 8. The Kier molecular flexibility index (Phi) is 10.7. The average Bonchev–Trinajstić information content (AvgIpc) is 2.59. The van der Waals surface area contributed by atoms with E-state index in [4.69, 9.17) is 10.8 Å². The highest BCUT2D eigenvalue weighted by molar-refractivity contribution is 5.94. The summed E-state index contributed by atoms with van der Waals surface area (Å²) in [5, 5.41) is 44.5. The number of aliphatic hydroxyl groups is 3. The SMILES string of the molecule is CC(C)C(NC(=O)C(N)C(C)O)C(=O)NC(C(=O)NC(C(=O)O)C(C)O)C(C)O. The van der Waals surface area contributed by atoms with Crippen LogP contribution in [0.2, 0.25) is 0 Å². The van der Waals surface area contributed by atoms with Gasteiger partial charge in [0, 0.05) is 0 Å². The molecule has 0 aromatic rings. The molecule has 0 bridgehead atoms. The molecule has 0 aromatic heterocycles. The van der Waals surface area contributed by atoms with Crippen molar-refractivity contribution in [2.45, 2.75) is 77.1 Å². The van der Waals surface area contributed by atoms with E-state index in [1.807, 2.05) is 5.32 Å². The summed E-state index contributed by atoms with van der Waals surface area (Å²) in [6.07, 6.45) is -3.99. The lowest BCUT2D eigenvalue weighted by molar-refractivity contribution is -0.146. The van der Waals surface area contributed by atoms with Gasteiger partial charge in [-0.15, -0.1) is 0 Å². The molecule has 0 spiro atoms. The molecule has 9 N–H and O–H groups in total. The van der Waals surface area contributed by atoms with Gasteiger partial charge >= 0.3 is 5.97 Å². The zero-order valence-corrected chi connectivity index (χ0v) is 17.1. The first-order valence-electron chi connectivity index (χ1n) is 9.14. The fraction of sp³-hybridized carbons (Fsp3) is 0.765. The highest BCUT2D eigenvalue weighted by Gasteiger charge is 2.35. The predicted molar refractivity (Wildman–Crippen MR) is 101 cm³/mol. The van der Waals surface area contributed by atoms with E-state index < -0.39 is 72.1 Å². The summed E-state index contributed by atoms with van der Waals surface area (Å²) >= 11 is 0. The monoisotopic (exact) mass is 420 g/mol. The molecule has 0 rings (SSSR count). The van der Waals surface area contributed by atoms with Gasteiger partial charge in [0.05, 0.1) is 18.3 Å². The van der Waals surface area contributed by atoms with E-state index in [0.29, 0.717) is 0 Å². The Morgan fingerprint density at radius 3 is 1.38 bits per heavy atom. The zero-order valence-electron chi connectivity index (χ0n) is 17.1. The minimum atomic E-state index is -1.65. The van der Waals surface area contributed by atoms with Crippen LogP contribution >= 0.6 is 0 Å². The summed E-state index contributed by atoms with van der Waals surface area (Å²) in [7, 11) is 0. The quantitative estimate of drug-likeness (QED) is 0.167. The van der Waals surface area contributed by atoms with E-state index in [0.717, 1.165) is 6.92 Å². The molecule has 7 unspecified atom stereocenters. The highest BCUT2D eigenvalue weighted by atomic mass is 16.4. The zero-order chi connectivity index (χ0) is 23.0. The first kappa shape index (κ1) is 26.7. The van der Waals surface area contributed by atoms with Crippen LogP contribution in [0.15, 0.2) is 0 Å².